The van der Waals surface area contributed by atoms with E-state index in [0.717, 1.165) is 12.2 Å². The number of rotatable bonds is 12. The number of aliphatic hydroxyl groups excluding tert-OH is 1. The van der Waals surface area contributed by atoms with Gasteiger partial charge in [0.2, 0.25) is 0 Å². The molecule has 0 aliphatic heterocycles. The lowest BCUT2D eigenvalue weighted by molar-refractivity contribution is -0.156. The topological polar surface area (TPSA) is 99.1 Å². The Morgan fingerprint density at radius 1 is 1.00 bits per heavy atom. The molecule has 0 radical (unpaired) electrons. The molecule has 1 atom stereocenters. The summed E-state index contributed by atoms with van der Waals surface area (Å²) in [5.41, 5.74) is -0.631. The summed E-state index contributed by atoms with van der Waals surface area (Å²) in [4.78, 5) is 35.3. The Kier molecular flexibility index (Phi) is 9.55. The van der Waals surface area contributed by atoms with E-state index >= 15 is 0 Å². The second-order valence-electron chi connectivity index (χ2n) is 6.39. The maximum absolute atomic E-state index is 12.4. The molecule has 7 heteroatoms. The van der Waals surface area contributed by atoms with Crippen molar-refractivity contribution in [1.29, 1.82) is 0 Å². The van der Waals surface area contributed by atoms with Crippen molar-refractivity contribution in [3.63, 3.8) is 0 Å². The van der Waals surface area contributed by atoms with Crippen LogP contribution in [0.1, 0.15) is 25.0 Å². The molecule has 29 heavy (non-hydrogen) atoms. The van der Waals surface area contributed by atoms with Crippen molar-refractivity contribution >= 4 is 17.9 Å². The highest BCUT2D eigenvalue weighted by molar-refractivity contribution is 5.89. The first-order valence-corrected chi connectivity index (χ1v) is 8.96. The minimum absolute atomic E-state index is 0.146. The average molecular weight is 402 g/mol. The predicted molar refractivity (Wildman–Crippen MR) is 107 cm³/mol. The molecule has 0 aliphatic rings. The molecule has 156 valence electrons. The van der Waals surface area contributed by atoms with Crippen LogP contribution in [0.25, 0.3) is 0 Å². The molecule has 1 unspecified atom stereocenters. The SMILES string of the molecule is C=CC(=O)OCC(CC)(COC(=O)C=C)COC(=O)C(=C)C(O)c1ccccc1. The molecule has 1 rings (SSSR count). The Hall–Kier alpha value is -3.19. The van der Waals surface area contributed by atoms with Crippen LogP contribution in [0.4, 0.5) is 0 Å². The number of esters is 3. The fraction of sp³-hybridized carbons (Fsp3) is 0.318. The van der Waals surface area contributed by atoms with Crippen molar-refractivity contribution in [3.8, 4) is 0 Å². The van der Waals surface area contributed by atoms with Crippen LogP contribution in [0, 0.1) is 5.41 Å². The van der Waals surface area contributed by atoms with Gasteiger partial charge in [0, 0.05) is 12.2 Å². The zero-order chi connectivity index (χ0) is 21.9. The fourth-order valence-electron chi connectivity index (χ4n) is 2.26. The lowest BCUT2D eigenvalue weighted by Crippen LogP contribution is -2.39. The molecule has 0 spiro atoms. The Labute approximate surface area is 170 Å². The molecule has 0 heterocycles. The Morgan fingerprint density at radius 2 is 1.48 bits per heavy atom. The molecule has 0 aromatic heterocycles. The summed E-state index contributed by atoms with van der Waals surface area (Å²) in [7, 11) is 0. The van der Waals surface area contributed by atoms with Crippen LogP contribution in [0.3, 0.4) is 0 Å². The quantitative estimate of drug-likeness (QED) is 0.326. The standard InChI is InChI=1S/C22H26O7/c1-5-18(23)27-13-22(7-3,14-28-19(24)6-2)15-29-21(26)16(4)20(25)17-11-9-8-10-12-17/h5-6,8-12,20,25H,1-2,4,7,13-15H2,3H3. The van der Waals surface area contributed by atoms with E-state index in [9.17, 15) is 19.5 Å². The summed E-state index contributed by atoms with van der Waals surface area (Å²) in [5, 5.41) is 10.3. The van der Waals surface area contributed by atoms with Crippen molar-refractivity contribution in [2.24, 2.45) is 5.41 Å². The van der Waals surface area contributed by atoms with Crippen LogP contribution >= 0.6 is 0 Å². The molecule has 0 saturated carbocycles. The normalized spacial score (nSPS) is 11.7. The maximum atomic E-state index is 12.4. The van der Waals surface area contributed by atoms with Gasteiger partial charge in [0.25, 0.3) is 0 Å². The van der Waals surface area contributed by atoms with Gasteiger partial charge in [-0.05, 0) is 12.0 Å². The van der Waals surface area contributed by atoms with Crippen molar-refractivity contribution in [2.45, 2.75) is 19.4 Å². The number of carbonyl (C=O) groups excluding carboxylic acids is 3. The van der Waals surface area contributed by atoms with Gasteiger partial charge in [0.1, 0.15) is 25.9 Å². The number of aliphatic hydroxyl groups is 1. The first-order chi connectivity index (χ1) is 13.8. The Balaban J connectivity index is 2.84. The lowest BCUT2D eigenvalue weighted by Gasteiger charge is -2.31. The van der Waals surface area contributed by atoms with Gasteiger partial charge < -0.3 is 19.3 Å². The third kappa shape index (κ3) is 7.38. The number of carbonyl (C=O) groups is 3. The van der Waals surface area contributed by atoms with Gasteiger partial charge in [-0.15, -0.1) is 0 Å². The summed E-state index contributed by atoms with van der Waals surface area (Å²) in [6.07, 6.45) is 1.14. The fourth-order valence-corrected chi connectivity index (χ4v) is 2.26. The second-order valence-corrected chi connectivity index (χ2v) is 6.39. The summed E-state index contributed by atoms with van der Waals surface area (Å²) in [5.74, 6) is -2.13. The molecular weight excluding hydrogens is 376 g/mol. The highest BCUT2D eigenvalue weighted by Crippen LogP contribution is 2.26. The summed E-state index contributed by atoms with van der Waals surface area (Å²) < 4.78 is 15.5. The zero-order valence-electron chi connectivity index (χ0n) is 16.5. The Morgan fingerprint density at radius 3 is 1.93 bits per heavy atom. The molecule has 0 fully saturated rings. The monoisotopic (exact) mass is 402 g/mol. The molecule has 7 nitrogen and oxygen atoms in total. The third-order valence-corrected chi connectivity index (χ3v) is 4.34. The minimum Gasteiger partial charge on any atom is -0.462 e. The maximum Gasteiger partial charge on any atom is 0.336 e. The molecule has 1 N–H and O–H groups in total. The van der Waals surface area contributed by atoms with E-state index in [-0.39, 0.29) is 25.4 Å². The van der Waals surface area contributed by atoms with Gasteiger partial charge in [0.15, 0.2) is 0 Å². The molecular formula is C22H26O7. The first kappa shape index (κ1) is 23.8. The number of hydrogen-bond donors (Lipinski definition) is 1. The number of hydrogen-bond acceptors (Lipinski definition) is 7. The van der Waals surface area contributed by atoms with Crippen molar-refractivity contribution in [3.05, 3.63) is 73.4 Å². The van der Waals surface area contributed by atoms with Gasteiger partial charge in [0.05, 0.1) is 11.0 Å². The third-order valence-electron chi connectivity index (χ3n) is 4.34. The van der Waals surface area contributed by atoms with Gasteiger partial charge in [-0.3, -0.25) is 0 Å². The van der Waals surface area contributed by atoms with Gasteiger partial charge in [-0.1, -0.05) is 57.0 Å². The smallest absolute Gasteiger partial charge is 0.336 e. The second kappa shape index (κ2) is 11.6. The summed E-state index contributed by atoms with van der Waals surface area (Å²) in [6.45, 7) is 11.5. The number of ether oxygens (including phenoxy) is 3. The van der Waals surface area contributed by atoms with E-state index in [2.05, 4.69) is 19.7 Å². The number of benzene rings is 1. The minimum atomic E-state index is -1.23. The summed E-state index contributed by atoms with van der Waals surface area (Å²) >= 11 is 0. The highest BCUT2D eigenvalue weighted by Gasteiger charge is 2.34. The van der Waals surface area contributed by atoms with E-state index in [4.69, 9.17) is 14.2 Å². The van der Waals surface area contributed by atoms with E-state index in [0.29, 0.717) is 12.0 Å². The van der Waals surface area contributed by atoms with Crippen molar-refractivity contribution < 1.29 is 33.7 Å². The van der Waals surface area contributed by atoms with Gasteiger partial charge >= 0.3 is 17.9 Å². The molecule has 0 bridgehead atoms. The molecule has 0 aliphatic carbocycles. The molecule has 1 aromatic rings. The zero-order valence-corrected chi connectivity index (χ0v) is 16.5. The van der Waals surface area contributed by atoms with Crippen molar-refractivity contribution in [2.75, 3.05) is 19.8 Å². The van der Waals surface area contributed by atoms with E-state index in [1.54, 1.807) is 37.3 Å². The van der Waals surface area contributed by atoms with E-state index in [1.165, 1.54) is 0 Å². The van der Waals surface area contributed by atoms with Crippen LogP contribution in [0.15, 0.2) is 67.8 Å². The van der Waals surface area contributed by atoms with Gasteiger partial charge in [-0.25, -0.2) is 14.4 Å². The lowest BCUT2D eigenvalue weighted by atomic mass is 9.88. The molecule has 0 amide bonds. The largest absolute Gasteiger partial charge is 0.462 e. The van der Waals surface area contributed by atoms with Gasteiger partial charge in [-0.2, -0.15) is 0 Å². The first-order valence-electron chi connectivity index (χ1n) is 8.96. The molecule has 1 aromatic carbocycles. The average Bonchev–Trinajstić information content (AvgIpc) is 2.77. The van der Waals surface area contributed by atoms with E-state index in [1.807, 2.05) is 0 Å². The summed E-state index contributed by atoms with van der Waals surface area (Å²) in [6, 6.07) is 8.54. The van der Waals surface area contributed by atoms with Crippen LogP contribution in [-0.2, 0) is 28.6 Å². The van der Waals surface area contributed by atoms with Crippen LogP contribution in [-0.4, -0.2) is 42.8 Å². The highest BCUT2D eigenvalue weighted by atomic mass is 16.6. The van der Waals surface area contributed by atoms with Crippen LogP contribution in [0.5, 0.6) is 0 Å². The Bertz CT molecular complexity index is 728. The van der Waals surface area contributed by atoms with E-state index < -0.39 is 29.4 Å². The predicted octanol–water partition coefficient (Wildman–Crippen LogP) is 2.67. The van der Waals surface area contributed by atoms with Crippen molar-refractivity contribution in [1.82, 2.24) is 0 Å². The molecule has 0 saturated heterocycles. The van der Waals surface area contributed by atoms with Crippen LogP contribution in [0.2, 0.25) is 0 Å². The van der Waals surface area contributed by atoms with Crippen LogP contribution < -0.4 is 0 Å².